The first kappa shape index (κ1) is 20.2. The average Bonchev–Trinajstić information content (AvgIpc) is 3.17. The highest BCUT2D eigenvalue weighted by atomic mass is 35.5. The van der Waals surface area contributed by atoms with Crippen molar-refractivity contribution in [3.05, 3.63) is 54.4 Å². The van der Waals surface area contributed by atoms with Crippen molar-refractivity contribution in [1.82, 2.24) is 4.68 Å². The van der Waals surface area contributed by atoms with E-state index >= 15 is 0 Å². The number of aryl methyl sites for hydroxylation is 1. The molecule has 0 bridgehead atoms. The minimum atomic E-state index is -0.272. The van der Waals surface area contributed by atoms with Gasteiger partial charge in [0.25, 0.3) is 0 Å². The lowest BCUT2D eigenvalue weighted by Gasteiger charge is -2.39. The van der Waals surface area contributed by atoms with Gasteiger partial charge in [0.1, 0.15) is 0 Å². The molecule has 1 aliphatic heterocycles. The Bertz CT molecular complexity index is 682. The van der Waals surface area contributed by atoms with Crippen LogP contribution in [0.3, 0.4) is 0 Å². The summed E-state index contributed by atoms with van der Waals surface area (Å²) in [4.78, 5) is 14.9. The molecule has 5 nitrogen and oxygen atoms in total. The number of rotatable bonds is 5. The molecule has 142 valence electrons. The Hall–Kier alpha value is -2.14. The van der Waals surface area contributed by atoms with Gasteiger partial charge in [-0.15, -0.1) is 12.4 Å². The van der Waals surface area contributed by atoms with Gasteiger partial charge >= 0.3 is 6.09 Å². The molecule has 1 saturated heterocycles. The second-order valence-corrected chi connectivity index (χ2v) is 6.31. The Morgan fingerprint density at radius 3 is 2.38 bits per heavy atom. The fourth-order valence-electron chi connectivity index (χ4n) is 3.56. The number of benzene rings is 1. The third kappa shape index (κ3) is 4.33. The molecule has 3 rings (SSSR count). The fraction of sp³-hybridized carbons (Fsp3) is 0.450. The lowest BCUT2D eigenvalue weighted by Crippen LogP contribution is -2.52. The molecule has 0 spiro atoms. The number of ether oxygens (including phenoxy) is 1. The minimum absolute atomic E-state index is 0. The summed E-state index contributed by atoms with van der Waals surface area (Å²) in [7, 11) is 0. The number of para-hydroxylation sites is 1. The van der Waals surface area contributed by atoms with Crippen LogP contribution in [-0.2, 0) is 11.2 Å². The molecule has 1 fully saturated rings. The van der Waals surface area contributed by atoms with Crippen LogP contribution in [0.1, 0.15) is 32.3 Å². The molecule has 1 amide bonds. The van der Waals surface area contributed by atoms with Crippen LogP contribution in [0.4, 0.5) is 10.5 Å². The highest BCUT2D eigenvalue weighted by molar-refractivity contribution is 5.85. The molecular weight excluding hydrogens is 350 g/mol. The molecule has 2 heterocycles. The molecule has 26 heavy (non-hydrogen) atoms. The maximum atomic E-state index is 12.5. The second kappa shape index (κ2) is 9.53. The van der Waals surface area contributed by atoms with Gasteiger partial charge in [0.2, 0.25) is 0 Å². The SMILES string of the molecule is CCOC(=O)N(C1CCN(c2ccccc2CC)CC1)n1cccc1.Cl. The van der Waals surface area contributed by atoms with Crippen LogP contribution in [0.15, 0.2) is 48.8 Å². The van der Waals surface area contributed by atoms with E-state index in [1.54, 1.807) is 5.01 Å². The molecule has 1 aromatic carbocycles. The molecule has 2 aromatic rings. The number of hydrogen-bond donors (Lipinski definition) is 0. The quantitative estimate of drug-likeness (QED) is 0.782. The highest BCUT2D eigenvalue weighted by Crippen LogP contribution is 2.26. The maximum Gasteiger partial charge on any atom is 0.429 e. The first-order valence-electron chi connectivity index (χ1n) is 9.16. The van der Waals surface area contributed by atoms with Crippen molar-refractivity contribution < 1.29 is 9.53 Å². The minimum Gasteiger partial charge on any atom is -0.448 e. The number of anilines is 1. The monoisotopic (exact) mass is 377 g/mol. The lowest BCUT2D eigenvalue weighted by molar-refractivity contribution is 0.147. The van der Waals surface area contributed by atoms with E-state index in [1.165, 1.54) is 11.3 Å². The number of amides is 1. The summed E-state index contributed by atoms with van der Waals surface area (Å²) < 4.78 is 7.13. The first-order valence-corrected chi connectivity index (χ1v) is 9.16. The molecule has 1 aromatic heterocycles. The standard InChI is InChI=1S/C20H27N3O2.ClH/c1-3-17-9-5-6-10-19(17)21-15-11-18(12-16-21)23(20(24)25-4-2)22-13-7-8-14-22;/h5-10,13-14,18H,3-4,11-12,15-16H2,1-2H3;1H. The van der Waals surface area contributed by atoms with Crippen molar-refractivity contribution in [3.63, 3.8) is 0 Å². The second-order valence-electron chi connectivity index (χ2n) is 6.31. The predicted octanol–water partition coefficient (Wildman–Crippen LogP) is 4.24. The van der Waals surface area contributed by atoms with Gasteiger partial charge in [-0.05, 0) is 49.9 Å². The highest BCUT2D eigenvalue weighted by Gasteiger charge is 2.30. The van der Waals surface area contributed by atoms with Gasteiger partial charge in [-0.25, -0.2) is 9.80 Å². The summed E-state index contributed by atoms with van der Waals surface area (Å²) in [6, 6.07) is 12.6. The van der Waals surface area contributed by atoms with Crippen LogP contribution in [0, 0.1) is 0 Å². The van der Waals surface area contributed by atoms with Crippen LogP contribution in [0.25, 0.3) is 0 Å². The van der Waals surface area contributed by atoms with Crippen molar-refractivity contribution in [2.75, 3.05) is 29.6 Å². The Balaban J connectivity index is 0.00000243. The molecule has 0 N–H and O–H groups in total. The smallest absolute Gasteiger partial charge is 0.429 e. The zero-order valence-electron chi connectivity index (χ0n) is 15.5. The van der Waals surface area contributed by atoms with E-state index in [4.69, 9.17) is 4.74 Å². The van der Waals surface area contributed by atoms with Crippen LogP contribution in [0.5, 0.6) is 0 Å². The molecule has 1 aliphatic rings. The number of halogens is 1. The van der Waals surface area contributed by atoms with Gasteiger partial charge < -0.3 is 9.64 Å². The topological polar surface area (TPSA) is 37.7 Å². The van der Waals surface area contributed by atoms with E-state index < -0.39 is 0 Å². The fourth-order valence-corrected chi connectivity index (χ4v) is 3.56. The molecule has 0 atom stereocenters. The number of nitrogens with zero attached hydrogens (tertiary/aromatic N) is 3. The molecule has 6 heteroatoms. The van der Waals surface area contributed by atoms with E-state index in [-0.39, 0.29) is 24.5 Å². The van der Waals surface area contributed by atoms with Crippen molar-refractivity contribution >= 4 is 24.2 Å². The molecule has 0 unspecified atom stereocenters. The van der Waals surface area contributed by atoms with E-state index in [2.05, 4.69) is 36.1 Å². The van der Waals surface area contributed by atoms with Gasteiger partial charge in [0.05, 0.1) is 12.6 Å². The first-order chi connectivity index (χ1) is 12.2. The number of piperidine rings is 1. The predicted molar refractivity (Wildman–Crippen MR) is 108 cm³/mol. The van der Waals surface area contributed by atoms with Crippen molar-refractivity contribution in [3.8, 4) is 0 Å². The number of carbonyl (C=O) groups excluding carboxylic acids is 1. The summed E-state index contributed by atoms with van der Waals surface area (Å²) in [5.74, 6) is 0. The Morgan fingerprint density at radius 1 is 1.12 bits per heavy atom. The van der Waals surface area contributed by atoms with Crippen LogP contribution < -0.4 is 9.91 Å². The summed E-state index contributed by atoms with van der Waals surface area (Å²) >= 11 is 0. The Labute approximate surface area is 161 Å². The third-order valence-corrected chi connectivity index (χ3v) is 4.82. The largest absolute Gasteiger partial charge is 0.448 e. The van der Waals surface area contributed by atoms with Gasteiger partial charge in [-0.1, -0.05) is 25.1 Å². The normalized spacial score (nSPS) is 14.6. The summed E-state index contributed by atoms with van der Waals surface area (Å²) in [5, 5.41) is 1.76. The summed E-state index contributed by atoms with van der Waals surface area (Å²) in [6.45, 7) is 6.31. The van der Waals surface area contributed by atoms with Crippen molar-refractivity contribution in [1.29, 1.82) is 0 Å². The van der Waals surface area contributed by atoms with Crippen molar-refractivity contribution in [2.45, 2.75) is 39.2 Å². The molecule has 0 saturated carbocycles. The van der Waals surface area contributed by atoms with Gasteiger partial charge in [-0.3, -0.25) is 4.68 Å². The lowest BCUT2D eigenvalue weighted by atomic mass is 10.0. The van der Waals surface area contributed by atoms with E-state index in [9.17, 15) is 4.79 Å². The zero-order chi connectivity index (χ0) is 17.6. The molecular formula is C20H28ClN3O2. The van der Waals surface area contributed by atoms with Crippen LogP contribution >= 0.6 is 12.4 Å². The van der Waals surface area contributed by atoms with Gasteiger partial charge in [0, 0.05) is 31.2 Å². The Kier molecular flexibility index (Phi) is 7.39. The van der Waals surface area contributed by atoms with Gasteiger partial charge in [-0.2, -0.15) is 0 Å². The summed E-state index contributed by atoms with van der Waals surface area (Å²) in [6.07, 6.45) is 6.41. The van der Waals surface area contributed by atoms with Crippen molar-refractivity contribution in [2.24, 2.45) is 0 Å². The summed E-state index contributed by atoms with van der Waals surface area (Å²) in [5.41, 5.74) is 2.71. The molecule has 0 aliphatic carbocycles. The van der Waals surface area contributed by atoms with E-state index in [1.807, 2.05) is 36.1 Å². The number of carbonyl (C=O) groups is 1. The third-order valence-electron chi connectivity index (χ3n) is 4.82. The molecule has 0 radical (unpaired) electrons. The maximum absolute atomic E-state index is 12.5. The Morgan fingerprint density at radius 2 is 1.77 bits per heavy atom. The van der Waals surface area contributed by atoms with Crippen LogP contribution in [-0.4, -0.2) is 36.5 Å². The van der Waals surface area contributed by atoms with Gasteiger partial charge in [0.15, 0.2) is 0 Å². The average molecular weight is 378 g/mol. The van der Waals surface area contributed by atoms with Crippen LogP contribution in [0.2, 0.25) is 0 Å². The number of hydrogen-bond acceptors (Lipinski definition) is 3. The number of aromatic nitrogens is 1. The van der Waals surface area contributed by atoms with E-state index in [0.717, 1.165) is 32.4 Å². The van der Waals surface area contributed by atoms with E-state index in [0.29, 0.717) is 6.61 Å². The zero-order valence-corrected chi connectivity index (χ0v) is 16.3.